The number of carbonyl (C=O) groups excluding carboxylic acids is 3. The van der Waals surface area contributed by atoms with E-state index >= 15 is 0 Å². The molecule has 3 rings (SSSR count). The van der Waals surface area contributed by atoms with Crippen LogP contribution in [0.2, 0.25) is 0 Å². The van der Waals surface area contributed by atoms with Gasteiger partial charge in [0.25, 0.3) is 0 Å². The number of aryl methyl sites for hydroxylation is 1. The van der Waals surface area contributed by atoms with E-state index in [9.17, 15) is 14.4 Å². The predicted molar refractivity (Wildman–Crippen MR) is 122 cm³/mol. The first kappa shape index (κ1) is 21.8. The van der Waals surface area contributed by atoms with Gasteiger partial charge in [-0.3, -0.25) is 14.4 Å². The molecule has 0 atom stereocenters. The molecule has 0 aromatic heterocycles. The molecule has 0 spiro atoms. The zero-order chi connectivity index (χ0) is 21.5. The van der Waals surface area contributed by atoms with Gasteiger partial charge >= 0.3 is 0 Å². The van der Waals surface area contributed by atoms with Crippen LogP contribution in [0.1, 0.15) is 30.4 Å². The van der Waals surface area contributed by atoms with Gasteiger partial charge in [0.15, 0.2) is 0 Å². The summed E-state index contributed by atoms with van der Waals surface area (Å²) < 4.78 is 0.891. The van der Waals surface area contributed by atoms with Crippen LogP contribution in [0.15, 0.2) is 53.0 Å². The molecule has 156 valence electrons. The van der Waals surface area contributed by atoms with Gasteiger partial charge in [-0.2, -0.15) is 0 Å². The van der Waals surface area contributed by atoms with E-state index in [1.54, 1.807) is 11.0 Å². The third-order valence-corrected chi connectivity index (χ3v) is 5.32. The molecular formula is C23H24BrN3O3. The topological polar surface area (TPSA) is 78.5 Å². The number of nitrogens with one attached hydrogen (secondary N) is 2. The number of hydrogen-bond acceptors (Lipinski definition) is 3. The normalized spacial score (nSPS) is 13.7. The van der Waals surface area contributed by atoms with Gasteiger partial charge in [0.1, 0.15) is 0 Å². The fourth-order valence-electron chi connectivity index (χ4n) is 3.16. The molecule has 0 bridgehead atoms. The predicted octanol–water partition coefficient (Wildman–Crippen LogP) is 4.04. The number of carbonyl (C=O) groups is 3. The van der Waals surface area contributed by atoms with Gasteiger partial charge in [-0.05, 0) is 54.8 Å². The molecule has 7 heteroatoms. The van der Waals surface area contributed by atoms with Gasteiger partial charge in [0, 0.05) is 47.9 Å². The minimum absolute atomic E-state index is 0.150. The van der Waals surface area contributed by atoms with Crippen LogP contribution in [-0.2, 0) is 14.4 Å². The Morgan fingerprint density at radius 3 is 2.63 bits per heavy atom. The van der Waals surface area contributed by atoms with Crippen LogP contribution < -0.4 is 15.5 Å². The third-order valence-electron chi connectivity index (χ3n) is 4.83. The Morgan fingerprint density at radius 1 is 1.17 bits per heavy atom. The number of amides is 3. The summed E-state index contributed by atoms with van der Waals surface area (Å²) in [6.45, 7) is 2.92. The SMILES string of the molecule is Cc1ccc(Br)cc1NC(=O)CCNC(=O)/C=C/c1ccc(N2CCCC2=O)cc1. The van der Waals surface area contributed by atoms with Crippen LogP contribution in [0.5, 0.6) is 0 Å². The fraction of sp³-hybridized carbons (Fsp3) is 0.261. The molecule has 1 aliphatic heterocycles. The lowest BCUT2D eigenvalue weighted by molar-refractivity contribution is -0.118. The lowest BCUT2D eigenvalue weighted by atomic mass is 10.2. The van der Waals surface area contributed by atoms with Crippen molar-refractivity contribution in [2.75, 3.05) is 23.3 Å². The minimum atomic E-state index is -0.264. The number of anilines is 2. The zero-order valence-corrected chi connectivity index (χ0v) is 18.4. The summed E-state index contributed by atoms with van der Waals surface area (Å²) >= 11 is 3.38. The van der Waals surface area contributed by atoms with E-state index < -0.39 is 0 Å². The third kappa shape index (κ3) is 6.03. The van der Waals surface area contributed by atoms with E-state index in [-0.39, 0.29) is 30.7 Å². The van der Waals surface area contributed by atoms with Crippen molar-refractivity contribution in [1.82, 2.24) is 5.32 Å². The summed E-state index contributed by atoms with van der Waals surface area (Å²) in [5.41, 5.74) is 3.47. The van der Waals surface area contributed by atoms with Crippen molar-refractivity contribution in [2.45, 2.75) is 26.2 Å². The second-order valence-electron chi connectivity index (χ2n) is 7.12. The lowest BCUT2D eigenvalue weighted by Crippen LogP contribution is -2.26. The van der Waals surface area contributed by atoms with Gasteiger partial charge in [-0.25, -0.2) is 0 Å². The first-order chi connectivity index (χ1) is 14.4. The molecular weight excluding hydrogens is 446 g/mol. The summed E-state index contributed by atoms with van der Waals surface area (Å²) in [5, 5.41) is 5.56. The van der Waals surface area contributed by atoms with Crippen LogP contribution in [0.25, 0.3) is 6.08 Å². The van der Waals surface area contributed by atoms with Crippen LogP contribution >= 0.6 is 15.9 Å². The monoisotopic (exact) mass is 469 g/mol. The largest absolute Gasteiger partial charge is 0.352 e. The number of nitrogens with zero attached hydrogens (tertiary/aromatic N) is 1. The van der Waals surface area contributed by atoms with Gasteiger partial charge in [0.2, 0.25) is 17.7 Å². The molecule has 0 radical (unpaired) electrons. The molecule has 6 nitrogen and oxygen atoms in total. The Bertz CT molecular complexity index is 970. The second kappa shape index (κ2) is 10.2. The lowest BCUT2D eigenvalue weighted by Gasteiger charge is -2.15. The molecule has 30 heavy (non-hydrogen) atoms. The fourth-order valence-corrected chi connectivity index (χ4v) is 3.52. The summed E-state index contributed by atoms with van der Waals surface area (Å²) in [7, 11) is 0. The van der Waals surface area contributed by atoms with E-state index in [1.807, 2.05) is 49.4 Å². The van der Waals surface area contributed by atoms with E-state index in [0.717, 1.165) is 39.9 Å². The Balaban J connectivity index is 1.43. The van der Waals surface area contributed by atoms with E-state index in [0.29, 0.717) is 6.42 Å². The van der Waals surface area contributed by atoms with Crippen molar-refractivity contribution in [3.05, 3.63) is 64.1 Å². The smallest absolute Gasteiger partial charge is 0.244 e. The van der Waals surface area contributed by atoms with Gasteiger partial charge < -0.3 is 15.5 Å². The van der Waals surface area contributed by atoms with Crippen molar-refractivity contribution in [3.63, 3.8) is 0 Å². The van der Waals surface area contributed by atoms with Crippen molar-refractivity contribution in [2.24, 2.45) is 0 Å². The molecule has 0 saturated carbocycles. The Morgan fingerprint density at radius 2 is 1.93 bits per heavy atom. The number of hydrogen-bond donors (Lipinski definition) is 2. The van der Waals surface area contributed by atoms with Crippen molar-refractivity contribution in [1.29, 1.82) is 0 Å². The molecule has 1 aliphatic rings. The van der Waals surface area contributed by atoms with Crippen LogP contribution in [0.4, 0.5) is 11.4 Å². The number of rotatable bonds is 7. The average molecular weight is 470 g/mol. The van der Waals surface area contributed by atoms with Crippen molar-refractivity contribution in [3.8, 4) is 0 Å². The van der Waals surface area contributed by atoms with Crippen molar-refractivity contribution >= 4 is 51.1 Å². The Labute approximate surface area is 184 Å². The maximum Gasteiger partial charge on any atom is 0.244 e. The van der Waals surface area contributed by atoms with Crippen LogP contribution in [-0.4, -0.2) is 30.8 Å². The maximum absolute atomic E-state index is 12.1. The van der Waals surface area contributed by atoms with E-state index in [1.165, 1.54) is 6.08 Å². The van der Waals surface area contributed by atoms with Gasteiger partial charge in [0.05, 0.1) is 0 Å². The van der Waals surface area contributed by atoms with Crippen molar-refractivity contribution < 1.29 is 14.4 Å². The quantitative estimate of drug-likeness (QED) is 0.600. The highest BCUT2D eigenvalue weighted by Gasteiger charge is 2.21. The van der Waals surface area contributed by atoms with Crippen LogP contribution in [0.3, 0.4) is 0 Å². The highest BCUT2D eigenvalue weighted by molar-refractivity contribution is 9.10. The molecule has 3 amide bonds. The van der Waals surface area contributed by atoms with Gasteiger partial charge in [-0.1, -0.05) is 34.1 Å². The molecule has 1 fully saturated rings. The molecule has 2 aromatic rings. The van der Waals surface area contributed by atoms with E-state index in [2.05, 4.69) is 26.6 Å². The first-order valence-corrected chi connectivity index (χ1v) is 10.6. The highest BCUT2D eigenvalue weighted by atomic mass is 79.9. The van der Waals surface area contributed by atoms with Crippen LogP contribution in [0, 0.1) is 6.92 Å². The molecule has 2 aromatic carbocycles. The molecule has 1 heterocycles. The Hall–Kier alpha value is -2.93. The summed E-state index contributed by atoms with van der Waals surface area (Å²) in [6, 6.07) is 13.2. The van der Waals surface area contributed by atoms with E-state index in [4.69, 9.17) is 0 Å². The molecule has 0 aliphatic carbocycles. The number of benzene rings is 2. The first-order valence-electron chi connectivity index (χ1n) is 9.85. The zero-order valence-electron chi connectivity index (χ0n) is 16.8. The maximum atomic E-state index is 12.1. The standard InChI is InChI=1S/C23H24BrN3O3/c1-16-4-8-18(24)15-20(16)26-22(29)12-13-25-21(28)11-7-17-5-9-19(10-6-17)27-14-2-3-23(27)30/h4-11,15H,2-3,12-14H2,1H3,(H,25,28)(H,26,29)/b11-7+. The minimum Gasteiger partial charge on any atom is -0.352 e. The number of halogens is 1. The summed E-state index contributed by atoms with van der Waals surface area (Å²) in [5.74, 6) is -0.274. The molecule has 1 saturated heterocycles. The second-order valence-corrected chi connectivity index (χ2v) is 8.04. The summed E-state index contributed by atoms with van der Waals surface area (Å²) in [6.07, 6.45) is 4.82. The molecule has 0 unspecified atom stereocenters. The highest BCUT2D eigenvalue weighted by Crippen LogP contribution is 2.22. The molecule has 2 N–H and O–H groups in total. The summed E-state index contributed by atoms with van der Waals surface area (Å²) in [4.78, 5) is 37.6. The Kier molecular flexibility index (Phi) is 7.41. The average Bonchev–Trinajstić information content (AvgIpc) is 3.15. The van der Waals surface area contributed by atoms with Gasteiger partial charge in [-0.15, -0.1) is 0 Å².